The summed E-state index contributed by atoms with van der Waals surface area (Å²) in [6.45, 7) is 1.89. The molecule has 0 unspecified atom stereocenters. The van der Waals surface area contributed by atoms with E-state index < -0.39 is 15.9 Å². The fourth-order valence-electron chi connectivity index (χ4n) is 2.43. The number of benzene rings is 3. The summed E-state index contributed by atoms with van der Waals surface area (Å²) in [5, 5.41) is 3.94. The van der Waals surface area contributed by atoms with Crippen LogP contribution < -0.4 is 10.1 Å². The van der Waals surface area contributed by atoms with Gasteiger partial charge in [0.1, 0.15) is 0 Å². The molecule has 0 spiro atoms. The number of hydrogen-bond acceptors (Lipinski definition) is 4. The summed E-state index contributed by atoms with van der Waals surface area (Å²) in [5.74, 6) is -0.402. The van der Waals surface area contributed by atoms with Gasteiger partial charge in [0.15, 0.2) is 0 Å². The van der Waals surface area contributed by atoms with Crippen molar-refractivity contribution in [2.24, 2.45) is 5.10 Å². The zero-order chi connectivity index (χ0) is 20.9. The number of halogens is 1. The predicted molar refractivity (Wildman–Crippen MR) is 118 cm³/mol. The topological polar surface area (TPSA) is 87.6 Å². The molecule has 0 saturated heterocycles. The Bertz CT molecular complexity index is 1140. The van der Waals surface area contributed by atoms with Crippen LogP contribution in [0.3, 0.4) is 0 Å². The molecule has 0 heterocycles. The smallest absolute Gasteiger partial charge is 0.271 e. The highest BCUT2D eigenvalue weighted by atomic mass is 79.9. The number of nitrogens with one attached hydrogen (secondary N) is 2. The van der Waals surface area contributed by atoms with Crippen molar-refractivity contribution in [1.82, 2.24) is 5.43 Å². The summed E-state index contributed by atoms with van der Waals surface area (Å²) >= 11 is 3.40. The monoisotopic (exact) mass is 471 g/mol. The Kier molecular flexibility index (Phi) is 6.46. The molecule has 0 atom stereocenters. The second kappa shape index (κ2) is 9.02. The quantitative estimate of drug-likeness (QED) is 0.414. The molecule has 29 heavy (non-hydrogen) atoms. The van der Waals surface area contributed by atoms with E-state index in [1.165, 1.54) is 30.5 Å². The van der Waals surface area contributed by atoms with E-state index in [1.807, 2.05) is 31.2 Å². The molecule has 0 aliphatic carbocycles. The van der Waals surface area contributed by atoms with Gasteiger partial charge in [0.2, 0.25) is 0 Å². The summed E-state index contributed by atoms with van der Waals surface area (Å²) in [6.07, 6.45) is 1.53. The first-order chi connectivity index (χ1) is 13.8. The lowest BCUT2D eigenvalue weighted by molar-refractivity contribution is 0.0955. The van der Waals surface area contributed by atoms with Crippen molar-refractivity contribution in [3.05, 3.63) is 94.0 Å². The number of amides is 1. The zero-order valence-corrected chi connectivity index (χ0v) is 17.9. The molecule has 0 bridgehead atoms. The lowest BCUT2D eigenvalue weighted by Gasteiger charge is -2.09. The second-order valence-electron chi connectivity index (χ2n) is 6.22. The van der Waals surface area contributed by atoms with Crippen molar-refractivity contribution in [3.63, 3.8) is 0 Å². The zero-order valence-electron chi connectivity index (χ0n) is 15.5. The molecule has 0 saturated carbocycles. The van der Waals surface area contributed by atoms with Crippen molar-refractivity contribution in [2.45, 2.75) is 11.8 Å². The van der Waals surface area contributed by atoms with Gasteiger partial charge in [-0.2, -0.15) is 5.10 Å². The fourth-order valence-corrected chi connectivity index (χ4v) is 3.87. The molecule has 0 radical (unpaired) electrons. The van der Waals surface area contributed by atoms with Crippen LogP contribution in [0.2, 0.25) is 0 Å². The van der Waals surface area contributed by atoms with E-state index >= 15 is 0 Å². The fraction of sp³-hybridized carbons (Fsp3) is 0.0476. The first-order valence-electron chi connectivity index (χ1n) is 8.63. The van der Waals surface area contributed by atoms with Gasteiger partial charge in [-0.15, -0.1) is 0 Å². The minimum atomic E-state index is -3.69. The van der Waals surface area contributed by atoms with Crippen molar-refractivity contribution in [2.75, 3.05) is 4.72 Å². The van der Waals surface area contributed by atoms with Gasteiger partial charge in [-0.25, -0.2) is 13.8 Å². The van der Waals surface area contributed by atoms with Gasteiger partial charge in [0.25, 0.3) is 15.9 Å². The Hall–Kier alpha value is -2.97. The molecule has 3 aromatic rings. The number of anilines is 1. The summed E-state index contributed by atoms with van der Waals surface area (Å²) in [5.41, 5.74) is 4.96. The number of carbonyl (C=O) groups is 1. The van der Waals surface area contributed by atoms with Gasteiger partial charge in [0.05, 0.1) is 11.1 Å². The van der Waals surface area contributed by atoms with Crippen LogP contribution in [0.5, 0.6) is 0 Å². The van der Waals surface area contributed by atoms with E-state index in [0.29, 0.717) is 11.3 Å². The molecule has 0 fully saturated rings. The Labute approximate surface area is 177 Å². The number of hydrogen-bond donors (Lipinski definition) is 2. The van der Waals surface area contributed by atoms with Crippen molar-refractivity contribution >= 4 is 43.8 Å². The number of rotatable bonds is 6. The lowest BCUT2D eigenvalue weighted by atomic mass is 10.2. The van der Waals surface area contributed by atoms with Crippen LogP contribution >= 0.6 is 15.9 Å². The van der Waals surface area contributed by atoms with Crippen LogP contribution in [-0.2, 0) is 10.0 Å². The SMILES string of the molecule is Cc1ccc(S(=O)(=O)Nc2ccc(C(=O)N/N=C\c3ccccc3Br)cc2)cc1. The molecular formula is C21H18BrN3O3S. The third kappa shape index (κ3) is 5.52. The van der Waals surface area contributed by atoms with Crippen LogP contribution in [0.4, 0.5) is 5.69 Å². The number of aryl methyl sites for hydroxylation is 1. The van der Waals surface area contributed by atoms with Crippen molar-refractivity contribution in [1.29, 1.82) is 0 Å². The maximum atomic E-state index is 12.4. The summed E-state index contributed by atoms with van der Waals surface area (Å²) in [4.78, 5) is 12.4. The van der Waals surface area contributed by atoms with Gasteiger partial charge in [0, 0.05) is 21.3 Å². The Morgan fingerprint density at radius 3 is 2.28 bits per heavy atom. The van der Waals surface area contributed by atoms with Crippen LogP contribution in [-0.4, -0.2) is 20.5 Å². The van der Waals surface area contributed by atoms with Crippen LogP contribution in [0.15, 0.2) is 87.3 Å². The molecule has 2 N–H and O–H groups in total. The van der Waals surface area contributed by atoms with Gasteiger partial charge in [-0.05, 0) is 49.4 Å². The number of hydrazone groups is 1. The summed E-state index contributed by atoms with van der Waals surface area (Å²) < 4.78 is 28.2. The highest BCUT2D eigenvalue weighted by Crippen LogP contribution is 2.17. The third-order valence-electron chi connectivity index (χ3n) is 4.01. The average molecular weight is 472 g/mol. The molecule has 148 valence electrons. The number of sulfonamides is 1. The molecular weight excluding hydrogens is 454 g/mol. The molecule has 1 amide bonds. The van der Waals surface area contributed by atoms with E-state index in [4.69, 9.17) is 0 Å². The maximum Gasteiger partial charge on any atom is 0.271 e. The van der Waals surface area contributed by atoms with E-state index in [1.54, 1.807) is 24.3 Å². The largest absolute Gasteiger partial charge is 0.280 e. The standard InChI is InChI=1S/C21H18BrN3O3S/c1-15-6-12-19(13-7-15)29(27,28)25-18-10-8-16(9-11-18)21(26)24-23-14-17-4-2-3-5-20(17)22/h2-14,25H,1H3,(H,24,26)/b23-14-. The van der Waals surface area contributed by atoms with E-state index in [-0.39, 0.29) is 4.90 Å². The average Bonchev–Trinajstić information content (AvgIpc) is 2.70. The molecule has 8 heteroatoms. The first-order valence-corrected chi connectivity index (χ1v) is 10.9. The molecule has 3 aromatic carbocycles. The molecule has 0 aromatic heterocycles. The van der Waals surface area contributed by atoms with Crippen LogP contribution in [0, 0.1) is 6.92 Å². The van der Waals surface area contributed by atoms with Crippen molar-refractivity contribution < 1.29 is 13.2 Å². The lowest BCUT2D eigenvalue weighted by Crippen LogP contribution is -2.18. The van der Waals surface area contributed by atoms with Crippen LogP contribution in [0.25, 0.3) is 0 Å². The van der Waals surface area contributed by atoms with Gasteiger partial charge in [-0.1, -0.05) is 51.8 Å². The third-order valence-corrected chi connectivity index (χ3v) is 6.12. The van der Waals surface area contributed by atoms with Gasteiger partial charge >= 0.3 is 0 Å². The molecule has 0 aliphatic heterocycles. The number of nitrogens with zero attached hydrogens (tertiary/aromatic N) is 1. The minimum Gasteiger partial charge on any atom is -0.280 e. The Balaban J connectivity index is 1.64. The normalized spacial score (nSPS) is 11.4. The van der Waals surface area contributed by atoms with Crippen molar-refractivity contribution in [3.8, 4) is 0 Å². The minimum absolute atomic E-state index is 0.173. The van der Waals surface area contributed by atoms with E-state index in [0.717, 1.165) is 15.6 Å². The van der Waals surface area contributed by atoms with Gasteiger partial charge < -0.3 is 0 Å². The van der Waals surface area contributed by atoms with E-state index in [2.05, 4.69) is 31.2 Å². The molecule has 6 nitrogen and oxygen atoms in total. The summed E-state index contributed by atoms with van der Waals surface area (Å²) in [7, 11) is -3.69. The van der Waals surface area contributed by atoms with Gasteiger partial charge in [-0.3, -0.25) is 9.52 Å². The maximum absolute atomic E-state index is 12.4. The highest BCUT2D eigenvalue weighted by molar-refractivity contribution is 9.10. The Morgan fingerprint density at radius 2 is 1.62 bits per heavy atom. The predicted octanol–water partition coefficient (Wildman–Crippen LogP) is 4.32. The molecule has 3 rings (SSSR count). The summed E-state index contributed by atoms with van der Waals surface area (Å²) in [6, 6.07) is 20.1. The van der Waals surface area contributed by atoms with E-state index in [9.17, 15) is 13.2 Å². The Morgan fingerprint density at radius 1 is 0.966 bits per heavy atom. The molecule has 0 aliphatic rings. The second-order valence-corrected chi connectivity index (χ2v) is 8.75. The number of carbonyl (C=O) groups excluding carboxylic acids is 1. The highest BCUT2D eigenvalue weighted by Gasteiger charge is 2.14. The van der Waals surface area contributed by atoms with Crippen LogP contribution in [0.1, 0.15) is 21.5 Å². The first kappa shape index (κ1) is 20.8.